The van der Waals surface area contributed by atoms with E-state index in [0.717, 1.165) is 64.4 Å². The summed E-state index contributed by atoms with van der Waals surface area (Å²) in [5, 5.41) is 4.45. The van der Waals surface area contributed by atoms with Gasteiger partial charge in [-0.05, 0) is 25.3 Å². The van der Waals surface area contributed by atoms with E-state index in [1.807, 2.05) is 36.7 Å². The highest BCUT2D eigenvalue weighted by Crippen LogP contribution is 2.31. The van der Waals surface area contributed by atoms with Crippen LogP contribution >= 0.6 is 0 Å². The summed E-state index contributed by atoms with van der Waals surface area (Å²) in [5.41, 5.74) is 13.4. The number of fused-ring (bicyclic) bond motifs is 2. The highest BCUT2D eigenvalue weighted by molar-refractivity contribution is 5.79. The Hall–Kier alpha value is -3.21. The molecule has 0 atom stereocenters. The van der Waals surface area contributed by atoms with Crippen molar-refractivity contribution in [3.8, 4) is 22.4 Å². The van der Waals surface area contributed by atoms with Crippen LogP contribution in [0, 0.1) is 0 Å². The summed E-state index contributed by atoms with van der Waals surface area (Å²) >= 11 is 0. The maximum atomic E-state index is 6.31. The molecule has 1 aliphatic rings. The van der Waals surface area contributed by atoms with Crippen LogP contribution in [0.15, 0.2) is 54.9 Å². The Labute approximate surface area is 145 Å². The molecule has 1 aliphatic carbocycles. The summed E-state index contributed by atoms with van der Waals surface area (Å²) in [5.74, 6) is 0.720. The molecular formula is C20H17N5. The number of aryl methyl sites for hydroxylation is 1. The molecule has 3 aromatic heterocycles. The van der Waals surface area contributed by atoms with Crippen LogP contribution < -0.4 is 5.73 Å². The summed E-state index contributed by atoms with van der Waals surface area (Å²) in [7, 11) is 0. The minimum Gasteiger partial charge on any atom is -0.383 e. The third-order valence-electron chi connectivity index (χ3n) is 4.85. The molecule has 0 amide bonds. The molecule has 0 saturated heterocycles. The molecule has 0 spiro atoms. The normalized spacial score (nSPS) is 13.3. The van der Waals surface area contributed by atoms with E-state index >= 15 is 0 Å². The van der Waals surface area contributed by atoms with Crippen molar-refractivity contribution >= 4 is 11.5 Å². The topological polar surface area (TPSA) is 69.1 Å². The van der Waals surface area contributed by atoms with Gasteiger partial charge in [-0.2, -0.15) is 9.61 Å². The first-order valence-electron chi connectivity index (χ1n) is 8.48. The lowest BCUT2D eigenvalue weighted by molar-refractivity contribution is 0.901. The number of aromatic nitrogens is 4. The fourth-order valence-corrected chi connectivity index (χ4v) is 3.55. The number of benzene rings is 1. The van der Waals surface area contributed by atoms with Gasteiger partial charge in [-0.25, -0.2) is 4.98 Å². The predicted octanol–water partition coefficient (Wildman–Crippen LogP) is 3.53. The summed E-state index contributed by atoms with van der Waals surface area (Å²) in [6.45, 7) is 0. The van der Waals surface area contributed by atoms with Crippen molar-refractivity contribution in [2.75, 3.05) is 5.73 Å². The Morgan fingerprint density at radius 3 is 2.60 bits per heavy atom. The smallest absolute Gasteiger partial charge is 0.165 e. The minimum atomic E-state index is 0.720. The van der Waals surface area contributed by atoms with Crippen molar-refractivity contribution in [1.29, 1.82) is 0 Å². The van der Waals surface area contributed by atoms with Gasteiger partial charge in [-0.15, -0.1) is 0 Å². The molecule has 2 N–H and O–H groups in total. The molecule has 25 heavy (non-hydrogen) atoms. The van der Waals surface area contributed by atoms with Gasteiger partial charge in [0, 0.05) is 34.1 Å². The van der Waals surface area contributed by atoms with E-state index < -0.39 is 0 Å². The van der Waals surface area contributed by atoms with E-state index in [1.54, 1.807) is 4.52 Å². The number of rotatable bonds is 2. The Morgan fingerprint density at radius 1 is 0.920 bits per heavy atom. The van der Waals surface area contributed by atoms with E-state index in [1.165, 1.54) is 0 Å². The fraction of sp³-hybridized carbons (Fsp3) is 0.150. The molecule has 122 valence electrons. The second kappa shape index (κ2) is 5.41. The number of nitrogens with zero attached hydrogens (tertiary/aromatic N) is 4. The average Bonchev–Trinajstić information content (AvgIpc) is 3.30. The van der Waals surface area contributed by atoms with E-state index in [0.29, 0.717) is 0 Å². The molecule has 4 aromatic rings. The Bertz CT molecular complexity index is 1060. The predicted molar refractivity (Wildman–Crippen MR) is 98.1 cm³/mol. The fourth-order valence-electron chi connectivity index (χ4n) is 3.55. The van der Waals surface area contributed by atoms with Crippen LogP contribution in [0.3, 0.4) is 0 Å². The van der Waals surface area contributed by atoms with Crippen molar-refractivity contribution in [2.45, 2.75) is 19.3 Å². The highest BCUT2D eigenvalue weighted by atomic mass is 15.3. The largest absolute Gasteiger partial charge is 0.383 e. The van der Waals surface area contributed by atoms with Crippen molar-refractivity contribution in [3.05, 3.63) is 66.1 Å². The average molecular weight is 327 g/mol. The maximum absolute atomic E-state index is 6.31. The second-order valence-electron chi connectivity index (χ2n) is 6.37. The van der Waals surface area contributed by atoms with Crippen LogP contribution in [0.1, 0.15) is 17.7 Å². The molecule has 0 fully saturated rings. The first kappa shape index (κ1) is 14.2. The van der Waals surface area contributed by atoms with Gasteiger partial charge in [0.25, 0.3) is 0 Å². The standard InChI is InChI=1S/C20H17N5/c21-19-15-7-4-8-18(15)24-20-16(12-23-25(19)20)14-9-10-17(22-11-14)13-5-2-1-3-6-13/h1-3,5-6,9-12H,4,7-8,21H2. The molecule has 5 heteroatoms. The number of anilines is 1. The molecule has 0 radical (unpaired) electrons. The molecule has 1 aromatic carbocycles. The van der Waals surface area contributed by atoms with Crippen molar-refractivity contribution in [2.24, 2.45) is 0 Å². The zero-order valence-electron chi connectivity index (χ0n) is 13.7. The van der Waals surface area contributed by atoms with Gasteiger partial charge in [0.1, 0.15) is 5.82 Å². The molecule has 5 rings (SSSR count). The lowest BCUT2D eigenvalue weighted by Gasteiger charge is -2.07. The van der Waals surface area contributed by atoms with Gasteiger partial charge in [-0.3, -0.25) is 4.98 Å². The second-order valence-corrected chi connectivity index (χ2v) is 6.37. The lowest BCUT2D eigenvalue weighted by atomic mass is 10.1. The zero-order chi connectivity index (χ0) is 16.8. The summed E-state index contributed by atoms with van der Waals surface area (Å²) in [6.07, 6.45) is 6.80. The van der Waals surface area contributed by atoms with Gasteiger partial charge < -0.3 is 5.73 Å². The minimum absolute atomic E-state index is 0.720. The van der Waals surface area contributed by atoms with Gasteiger partial charge in [0.05, 0.1) is 11.9 Å². The number of pyridine rings is 1. The Balaban J connectivity index is 1.61. The first-order valence-corrected chi connectivity index (χ1v) is 8.48. The summed E-state index contributed by atoms with van der Waals surface area (Å²) < 4.78 is 1.75. The zero-order valence-corrected chi connectivity index (χ0v) is 13.7. The van der Waals surface area contributed by atoms with Gasteiger partial charge in [0.15, 0.2) is 5.65 Å². The van der Waals surface area contributed by atoms with Gasteiger partial charge >= 0.3 is 0 Å². The molecule has 3 heterocycles. The van der Waals surface area contributed by atoms with Crippen LogP contribution in [0.2, 0.25) is 0 Å². The van der Waals surface area contributed by atoms with E-state index in [2.05, 4.69) is 28.3 Å². The van der Waals surface area contributed by atoms with Crippen LogP contribution in [0.5, 0.6) is 0 Å². The highest BCUT2D eigenvalue weighted by Gasteiger charge is 2.20. The van der Waals surface area contributed by atoms with E-state index in [4.69, 9.17) is 10.7 Å². The van der Waals surface area contributed by atoms with Gasteiger partial charge in [-0.1, -0.05) is 36.4 Å². The molecular weight excluding hydrogens is 310 g/mol. The number of hydrogen-bond donors (Lipinski definition) is 1. The summed E-state index contributed by atoms with van der Waals surface area (Å²) in [6, 6.07) is 14.3. The number of hydrogen-bond acceptors (Lipinski definition) is 4. The molecule has 5 nitrogen and oxygen atoms in total. The van der Waals surface area contributed by atoms with Crippen LogP contribution in [-0.4, -0.2) is 19.6 Å². The van der Waals surface area contributed by atoms with Crippen LogP contribution in [0.25, 0.3) is 28.0 Å². The maximum Gasteiger partial charge on any atom is 0.165 e. The van der Waals surface area contributed by atoms with E-state index in [-0.39, 0.29) is 0 Å². The van der Waals surface area contributed by atoms with Crippen molar-refractivity contribution in [1.82, 2.24) is 19.6 Å². The molecule has 0 aliphatic heterocycles. The van der Waals surface area contributed by atoms with Crippen molar-refractivity contribution in [3.63, 3.8) is 0 Å². The third-order valence-corrected chi connectivity index (χ3v) is 4.85. The Morgan fingerprint density at radius 2 is 1.80 bits per heavy atom. The Kier molecular flexibility index (Phi) is 3.06. The molecule has 0 saturated carbocycles. The van der Waals surface area contributed by atoms with Crippen LogP contribution in [-0.2, 0) is 12.8 Å². The SMILES string of the molecule is Nc1c2c(nc3c(-c4ccc(-c5ccccc5)nc4)cnn13)CCC2. The molecule has 0 unspecified atom stereocenters. The number of nitrogens with two attached hydrogens (primary N) is 1. The van der Waals surface area contributed by atoms with Gasteiger partial charge in [0.2, 0.25) is 0 Å². The lowest BCUT2D eigenvalue weighted by Crippen LogP contribution is -2.06. The van der Waals surface area contributed by atoms with Crippen LogP contribution in [0.4, 0.5) is 5.82 Å². The van der Waals surface area contributed by atoms with E-state index in [9.17, 15) is 0 Å². The number of nitrogen functional groups attached to an aromatic ring is 1. The molecule has 0 bridgehead atoms. The first-order chi connectivity index (χ1) is 12.3. The van der Waals surface area contributed by atoms with Crippen molar-refractivity contribution < 1.29 is 0 Å². The monoisotopic (exact) mass is 327 g/mol. The third kappa shape index (κ3) is 2.20. The quantitative estimate of drug-likeness (QED) is 0.611. The summed E-state index contributed by atoms with van der Waals surface area (Å²) in [4.78, 5) is 9.44.